The second kappa shape index (κ2) is 9.03. The Labute approximate surface area is 195 Å². The molecule has 1 fully saturated rings. The van der Waals surface area contributed by atoms with E-state index in [1.165, 1.54) is 11.8 Å². The van der Waals surface area contributed by atoms with E-state index in [1.54, 1.807) is 23.1 Å². The lowest BCUT2D eigenvalue weighted by molar-refractivity contribution is -0.113. The number of hydrogen-bond donors (Lipinski definition) is 0. The number of amides is 1. The van der Waals surface area contributed by atoms with Crippen LogP contribution in [0.5, 0.6) is 0 Å². The normalized spacial score (nSPS) is 15.8. The summed E-state index contributed by atoms with van der Waals surface area (Å²) in [6, 6.07) is 32.0. The predicted molar refractivity (Wildman–Crippen MR) is 132 cm³/mol. The van der Waals surface area contributed by atoms with E-state index in [4.69, 9.17) is 14.7 Å². The van der Waals surface area contributed by atoms with Gasteiger partial charge >= 0.3 is 0 Å². The number of carbonyl (C=O) groups is 1. The first kappa shape index (κ1) is 20.6. The van der Waals surface area contributed by atoms with Crippen LogP contribution in [0.2, 0.25) is 0 Å². The summed E-state index contributed by atoms with van der Waals surface area (Å²) < 4.78 is 5.96. The Balaban J connectivity index is 1.48. The topological polar surface area (TPSA) is 69.6 Å². The van der Waals surface area contributed by atoms with Gasteiger partial charge in [-0.1, -0.05) is 36.4 Å². The van der Waals surface area contributed by atoms with Gasteiger partial charge in [-0.25, -0.2) is 4.99 Å². The zero-order chi connectivity index (χ0) is 22.6. The number of anilines is 1. The maximum absolute atomic E-state index is 13.3. The summed E-state index contributed by atoms with van der Waals surface area (Å²) in [6.07, 6.45) is 1.74. The van der Waals surface area contributed by atoms with Gasteiger partial charge in [0.05, 0.1) is 27.9 Å². The fourth-order valence-electron chi connectivity index (χ4n) is 3.39. The number of nitrogens with zero attached hydrogens (tertiary/aromatic N) is 3. The molecule has 5 rings (SSSR count). The van der Waals surface area contributed by atoms with Crippen molar-refractivity contribution in [3.8, 4) is 17.4 Å². The van der Waals surface area contributed by atoms with Crippen LogP contribution in [0.15, 0.2) is 111 Å². The van der Waals surface area contributed by atoms with Crippen LogP contribution in [0.4, 0.5) is 11.4 Å². The van der Waals surface area contributed by atoms with Crippen LogP contribution in [-0.4, -0.2) is 11.1 Å². The number of amidine groups is 1. The summed E-state index contributed by atoms with van der Waals surface area (Å²) in [5.41, 5.74) is 2.98. The van der Waals surface area contributed by atoms with Gasteiger partial charge < -0.3 is 4.42 Å². The van der Waals surface area contributed by atoms with Gasteiger partial charge in [0, 0.05) is 11.6 Å². The first-order valence-electron chi connectivity index (χ1n) is 10.2. The standard InChI is InChI=1S/C27H17N3O2S/c28-18-19-11-13-20(14-12-19)24-16-15-23(32-24)17-25-26(31)30(22-9-5-2-6-10-22)27(33-25)29-21-7-3-1-4-8-21/h1-17H/b25-17-,29-27?. The van der Waals surface area contributed by atoms with Crippen LogP contribution in [0.1, 0.15) is 11.3 Å². The van der Waals surface area contributed by atoms with Crippen molar-refractivity contribution in [1.29, 1.82) is 5.26 Å². The number of benzene rings is 3. The first-order valence-corrected chi connectivity index (χ1v) is 11.1. The Kier molecular flexibility index (Phi) is 5.62. The largest absolute Gasteiger partial charge is 0.457 e. The average Bonchev–Trinajstić information content (AvgIpc) is 3.45. The molecule has 33 heavy (non-hydrogen) atoms. The molecule has 158 valence electrons. The van der Waals surface area contributed by atoms with E-state index in [9.17, 15) is 4.79 Å². The summed E-state index contributed by atoms with van der Waals surface area (Å²) in [5.74, 6) is 1.08. The number of nitriles is 1. The van der Waals surface area contributed by atoms with Crippen LogP contribution < -0.4 is 4.90 Å². The molecule has 0 aliphatic carbocycles. The molecule has 0 saturated carbocycles. The van der Waals surface area contributed by atoms with Crippen LogP contribution in [-0.2, 0) is 4.79 Å². The van der Waals surface area contributed by atoms with Gasteiger partial charge in [0.25, 0.3) is 5.91 Å². The van der Waals surface area contributed by atoms with E-state index in [-0.39, 0.29) is 5.91 Å². The van der Waals surface area contributed by atoms with E-state index < -0.39 is 0 Å². The molecule has 6 heteroatoms. The quantitative estimate of drug-likeness (QED) is 0.329. The minimum atomic E-state index is -0.155. The number of para-hydroxylation sites is 2. The van der Waals surface area contributed by atoms with E-state index >= 15 is 0 Å². The van der Waals surface area contributed by atoms with Gasteiger partial charge in [0.1, 0.15) is 11.5 Å². The highest BCUT2D eigenvalue weighted by atomic mass is 32.2. The minimum Gasteiger partial charge on any atom is -0.457 e. The van der Waals surface area contributed by atoms with Gasteiger partial charge in [-0.2, -0.15) is 5.26 Å². The molecular formula is C27H17N3O2S. The van der Waals surface area contributed by atoms with Crippen LogP contribution in [0.25, 0.3) is 17.4 Å². The highest BCUT2D eigenvalue weighted by Crippen LogP contribution is 2.37. The van der Waals surface area contributed by atoms with E-state index in [0.717, 1.165) is 16.9 Å². The third kappa shape index (κ3) is 4.36. The van der Waals surface area contributed by atoms with Gasteiger partial charge in [-0.3, -0.25) is 9.69 Å². The van der Waals surface area contributed by atoms with Crippen molar-refractivity contribution in [3.63, 3.8) is 0 Å². The van der Waals surface area contributed by atoms with Crippen LogP contribution in [0, 0.1) is 11.3 Å². The molecule has 4 aromatic rings. The maximum Gasteiger partial charge on any atom is 0.271 e. The number of carbonyl (C=O) groups excluding carboxylic acids is 1. The van der Waals surface area contributed by atoms with E-state index in [0.29, 0.717) is 27.2 Å². The first-order chi connectivity index (χ1) is 16.2. The molecule has 0 unspecified atom stereocenters. The highest BCUT2D eigenvalue weighted by Gasteiger charge is 2.35. The Morgan fingerprint density at radius 3 is 2.27 bits per heavy atom. The van der Waals surface area contributed by atoms with Crippen molar-refractivity contribution in [1.82, 2.24) is 0 Å². The molecule has 2 heterocycles. The molecule has 1 saturated heterocycles. The number of aliphatic imine (C=N–C) groups is 1. The molecule has 1 aliphatic rings. The van der Waals surface area contributed by atoms with Gasteiger partial charge in [0.2, 0.25) is 0 Å². The number of thioether (sulfide) groups is 1. The number of hydrogen-bond acceptors (Lipinski definition) is 5. The van der Waals surface area contributed by atoms with Gasteiger partial charge in [-0.05, 0) is 72.4 Å². The van der Waals surface area contributed by atoms with Crippen LogP contribution in [0.3, 0.4) is 0 Å². The number of furan rings is 1. The summed E-state index contributed by atoms with van der Waals surface area (Å²) in [5, 5.41) is 9.56. The van der Waals surface area contributed by atoms with E-state index in [2.05, 4.69) is 6.07 Å². The zero-order valence-corrected chi connectivity index (χ0v) is 18.2. The molecule has 0 spiro atoms. The summed E-state index contributed by atoms with van der Waals surface area (Å²) in [6.45, 7) is 0. The molecule has 0 atom stereocenters. The maximum atomic E-state index is 13.3. The minimum absolute atomic E-state index is 0.155. The van der Waals surface area contributed by atoms with Crippen molar-refractivity contribution < 1.29 is 9.21 Å². The van der Waals surface area contributed by atoms with Crippen molar-refractivity contribution in [2.45, 2.75) is 0 Å². The fourth-order valence-corrected chi connectivity index (χ4v) is 4.37. The summed E-state index contributed by atoms with van der Waals surface area (Å²) in [7, 11) is 0. The van der Waals surface area contributed by atoms with Crippen molar-refractivity contribution >= 4 is 40.3 Å². The summed E-state index contributed by atoms with van der Waals surface area (Å²) in [4.78, 5) is 20.2. The smallest absolute Gasteiger partial charge is 0.271 e. The van der Waals surface area contributed by atoms with Crippen molar-refractivity contribution in [2.24, 2.45) is 4.99 Å². The van der Waals surface area contributed by atoms with Gasteiger partial charge in [-0.15, -0.1) is 0 Å². The molecule has 0 bridgehead atoms. The number of rotatable bonds is 4. The molecule has 5 nitrogen and oxygen atoms in total. The Hall–Kier alpha value is -4.34. The Morgan fingerprint density at radius 2 is 1.58 bits per heavy atom. The lowest BCUT2D eigenvalue weighted by atomic mass is 10.1. The highest BCUT2D eigenvalue weighted by molar-refractivity contribution is 8.19. The van der Waals surface area contributed by atoms with Crippen molar-refractivity contribution in [3.05, 3.63) is 113 Å². The predicted octanol–water partition coefficient (Wildman–Crippen LogP) is 6.63. The van der Waals surface area contributed by atoms with E-state index in [1.807, 2.05) is 84.9 Å². The molecule has 0 radical (unpaired) electrons. The molecule has 3 aromatic carbocycles. The third-order valence-corrected chi connectivity index (χ3v) is 5.97. The van der Waals surface area contributed by atoms with Gasteiger partial charge in [0.15, 0.2) is 5.17 Å². The molecule has 0 N–H and O–H groups in total. The van der Waals surface area contributed by atoms with Crippen LogP contribution >= 0.6 is 11.8 Å². The SMILES string of the molecule is N#Cc1ccc(-c2ccc(/C=C3\SC(=Nc4ccccc4)N(c4ccccc4)C3=O)o2)cc1. The molecule has 1 amide bonds. The Bertz CT molecular complexity index is 1400. The Morgan fingerprint density at radius 1 is 0.879 bits per heavy atom. The second-order valence-electron chi connectivity index (χ2n) is 7.21. The molecule has 1 aliphatic heterocycles. The zero-order valence-electron chi connectivity index (χ0n) is 17.4. The second-order valence-corrected chi connectivity index (χ2v) is 8.22. The molecular weight excluding hydrogens is 430 g/mol. The average molecular weight is 448 g/mol. The van der Waals surface area contributed by atoms with Crippen molar-refractivity contribution in [2.75, 3.05) is 4.90 Å². The lowest BCUT2D eigenvalue weighted by Crippen LogP contribution is -2.28. The third-order valence-electron chi connectivity index (χ3n) is 5.00. The summed E-state index contributed by atoms with van der Waals surface area (Å²) >= 11 is 1.31. The monoisotopic (exact) mass is 447 g/mol. The lowest BCUT2D eigenvalue weighted by Gasteiger charge is -2.15. The molecule has 1 aromatic heterocycles. The fraction of sp³-hybridized carbons (Fsp3) is 0.